The fourth-order valence-electron chi connectivity index (χ4n) is 2.50. The van der Waals surface area contributed by atoms with Gasteiger partial charge in [-0.05, 0) is 31.7 Å². The maximum atomic E-state index is 12.2. The van der Waals surface area contributed by atoms with Crippen molar-refractivity contribution in [1.29, 1.82) is 0 Å². The van der Waals surface area contributed by atoms with Crippen LogP contribution in [0.4, 0.5) is 4.79 Å². The van der Waals surface area contributed by atoms with E-state index in [1.165, 1.54) is 0 Å². The molecular weight excluding hydrogens is 316 g/mol. The molecule has 1 aliphatic heterocycles. The van der Waals surface area contributed by atoms with Crippen LogP contribution in [0.3, 0.4) is 0 Å². The third-order valence-corrected chi connectivity index (χ3v) is 3.77. The molecule has 1 heterocycles. The molecule has 0 aliphatic carbocycles. The fourth-order valence-corrected chi connectivity index (χ4v) is 2.50. The summed E-state index contributed by atoms with van der Waals surface area (Å²) in [6, 6.07) is -0.0455. The van der Waals surface area contributed by atoms with Gasteiger partial charge in [-0.25, -0.2) is 4.79 Å². The van der Waals surface area contributed by atoms with Gasteiger partial charge in [0.2, 0.25) is 5.91 Å². The van der Waals surface area contributed by atoms with Crippen molar-refractivity contribution in [2.75, 3.05) is 39.3 Å². The molecule has 7 heteroatoms. The largest absolute Gasteiger partial charge is 0.355 e. The maximum absolute atomic E-state index is 12.2. The molecular formula is C16H33ClN4O2. The van der Waals surface area contributed by atoms with Crippen LogP contribution in [0.15, 0.2) is 0 Å². The molecule has 1 fully saturated rings. The minimum absolute atomic E-state index is 0. The molecule has 0 saturated carbocycles. The third-order valence-electron chi connectivity index (χ3n) is 3.77. The number of carbonyl (C=O) groups excluding carboxylic acids is 2. The van der Waals surface area contributed by atoms with Crippen molar-refractivity contribution >= 4 is 24.3 Å². The molecule has 1 unspecified atom stereocenters. The van der Waals surface area contributed by atoms with Gasteiger partial charge in [-0.2, -0.15) is 0 Å². The first-order valence-corrected chi connectivity index (χ1v) is 8.55. The number of hydrogen-bond acceptors (Lipinski definition) is 3. The maximum Gasteiger partial charge on any atom is 0.317 e. The Kier molecular flexibility index (Phi) is 11.9. The SMILES string of the molecule is CCCNCCNC(=O)C1CCCN(C(=O)NCC(C)C)C1.Cl. The smallest absolute Gasteiger partial charge is 0.317 e. The molecule has 6 nitrogen and oxygen atoms in total. The van der Waals surface area contributed by atoms with E-state index in [1.54, 1.807) is 4.90 Å². The van der Waals surface area contributed by atoms with Crippen molar-refractivity contribution < 1.29 is 9.59 Å². The third kappa shape index (κ3) is 9.01. The molecule has 1 rings (SSSR count). The summed E-state index contributed by atoms with van der Waals surface area (Å²) in [5, 5.41) is 9.14. The number of urea groups is 1. The average Bonchev–Trinajstić information content (AvgIpc) is 2.52. The molecule has 3 amide bonds. The van der Waals surface area contributed by atoms with Gasteiger partial charge in [0, 0.05) is 32.7 Å². The van der Waals surface area contributed by atoms with E-state index in [0.717, 1.165) is 38.9 Å². The summed E-state index contributed by atoms with van der Waals surface area (Å²) < 4.78 is 0. The second kappa shape index (κ2) is 12.4. The summed E-state index contributed by atoms with van der Waals surface area (Å²) in [4.78, 5) is 26.0. The zero-order valence-electron chi connectivity index (χ0n) is 14.7. The first-order chi connectivity index (χ1) is 10.5. The molecule has 136 valence electrons. The summed E-state index contributed by atoms with van der Waals surface area (Å²) in [7, 11) is 0. The summed E-state index contributed by atoms with van der Waals surface area (Å²) in [6.07, 6.45) is 2.85. The van der Waals surface area contributed by atoms with Gasteiger partial charge in [0.15, 0.2) is 0 Å². The summed E-state index contributed by atoms with van der Waals surface area (Å²) >= 11 is 0. The molecule has 0 aromatic rings. The first kappa shape index (κ1) is 22.0. The second-order valence-corrected chi connectivity index (χ2v) is 6.41. The van der Waals surface area contributed by atoms with Crippen molar-refractivity contribution in [2.45, 2.75) is 40.0 Å². The Balaban J connectivity index is 0.00000484. The Morgan fingerprint density at radius 3 is 2.57 bits per heavy atom. The van der Waals surface area contributed by atoms with Crippen molar-refractivity contribution in [3.05, 3.63) is 0 Å². The monoisotopic (exact) mass is 348 g/mol. The number of likely N-dealkylation sites (tertiary alicyclic amines) is 1. The molecule has 0 aromatic heterocycles. The van der Waals surface area contributed by atoms with Crippen LogP contribution >= 0.6 is 12.4 Å². The van der Waals surface area contributed by atoms with Crippen LogP contribution in [0.5, 0.6) is 0 Å². The number of halogens is 1. The van der Waals surface area contributed by atoms with E-state index in [2.05, 4.69) is 36.7 Å². The van der Waals surface area contributed by atoms with Crippen molar-refractivity contribution in [3.8, 4) is 0 Å². The van der Waals surface area contributed by atoms with Gasteiger partial charge in [-0.1, -0.05) is 20.8 Å². The molecule has 0 spiro atoms. The highest BCUT2D eigenvalue weighted by Gasteiger charge is 2.28. The molecule has 23 heavy (non-hydrogen) atoms. The number of nitrogens with one attached hydrogen (secondary N) is 3. The molecule has 1 atom stereocenters. The predicted octanol–water partition coefficient (Wildman–Crippen LogP) is 1.60. The number of piperidine rings is 1. The highest BCUT2D eigenvalue weighted by molar-refractivity contribution is 5.85. The van der Waals surface area contributed by atoms with E-state index < -0.39 is 0 Å². The number of hydrogen-bond donors (Lipinski definition) is 3. The zero-order valence-corrected chi connectivity index (χ0v) is 15.5. The Labute approximate surface area is 146 Å². The van der Waals surface area contributed by atoms with Crippen molar-refractivity contribution in [3.63, 3.8) is 0 Å². The Morgan fingerprint density at radius 2 is 1.91 bits per heavy atom. The van der Waals surface area contributed by atoms with Crippen molar-refractivity contribution in [1.82, 2.24) is 20.9 Å². The van der Waals surface area contributed by atoms with Crippen LogP contribution < -0.4 is 16.0 Å². The van der Waals surface area contributed by atoms with E-state index in [1.807, 2.05) is 0 Å². The van der Waals surface area contributed by atoms with Gasteiger partial charge in [0.1, 0.15) is 0 Å². The first-order valence-electron chi connectivity index (χ1n) is 8.55. The molecule has 1 saturated heterocycles. The van der Waals surface area contributed by atoms with Crippen LogP contribution in [0.1, 0.15) is 40.0 Å². The number of carbonyl (C=O) groups is 2. The lowest BCUT2D eigenvalue weighted by molar-refractivity contribution is -0.126. The summed E-state index contributed by atoms with van der Waals surface area (Å²) in [5.74, 6) is 0.424. The number of nitrogens with zero attached hydrogens (tertiary/aromatic N) is 1. The van der Waals surface area contributed by atoms with E-state index in [-0.39, 0.29) is 30.3 Å². The normalized spacial score (nSPS) is 17.6. The highest BCUT2D eigenvalue weighted by Crippen LogP contribution is 2.16. The number of rotatable bonds is 8. The van der Waals surface area contributed by atoms with Gasteiger partial charge in [-0.15, -0.1) is 12.4 Å². The van der Waals surface area contributed by atoms with E-state index in [4.69, 9.17) is 0 Å². The Hall–Kier alpha value is -1.01. The molecule has 0 bridgehead atoms. The van der Waals surface area contributed by atoms with Crippen LogP contribution in [-0.4, -0.2) is 56.1 Å². The Morgan fingerprint density at radius 1 is 1.17 bits per heavy atom. The molecule has 0 radical (unpaired) electrons. The minimum Gasteiger partial charge on any atom is -0.355 e. The van der Waals surface area contributed by atoms with Gasteiger partial charge in [-0.3, -0.25) is 4.79 Å². The Bertz CT molecular complexity index is 353. The molecule has 3 N–H and O–H groups in total. The average molecular weight is 349 g/mol. The van der Waals surface area contributed by atoms with Gasteiger partial charge in [0.05, 0.1) is 5.92 Å². The summed E-state index contributed by atoms with van der Waals surface area (Å²) in [6.45, 7) is 10.6. The second-order valence-electron chi connectivity index (χ2n) is 6.41. The standard InChI is InChI=1S/C16H32N4O2.ClH/c1-4-7-17-8-9-18-15(21)14-6-5-10-20(12-14)16(22)19-11-13(2)3;/h13-14,17H,4-12H2,1-3H3,(H,18,21)(H,19,22);1H. The van der Waals surface area contributed by atoms with Gasteiger partial charge >= 0.3 is 6.03 Å². The van der Waals surface area contributed by atoms with Crippen LogP contribution in [0, 0.1) is 11.8 Å². The lowest BCUT2D eigenvalue weighted by atomic mass is 9.97. The fraction of sp³-hybridized carbons (Fsp3) is 0.875. The van der Waals surface area contributed by atoms with Crippen LogP contribution in [0.25, 0.3) is 0 Å². The van der Waals surface area contributed by atoms with E-state index in [9.17, 15) is 9.59 Å². The minimum atomic E-state index is -0.0790. The summed E-state index contributed by atoms with van der Waals surface area (Å²) in [5.41, 5.74) is 0. The van der Waals surface area contributed by atoms with Crippen molar-refractivity contribution in [2.24, 2.45) is 11.8 Å². The van der Waals surface area contributed by atoms with Gasteiger partial charge < -0.3 is 20.9 Å². The quantitative estimate of drug-likeness (QED) is 0.583. The number of amides is 3. The predicted molar refractivity (Wildman–Crippen MR) is 96.0 cm³/mol. The lowest BCUT2D eigenvalue weighted by Gasteiger charge is -2.32. The highest BCUT2D eigenvalue weighted by atomic mass is 35.5. The van der Waals surface area contributed by atoms with Crippen LogP contribution in [-0.2, 0) is 4.79 Å². The van der Waals surface area contributed by atoms with Crippen LogP contribution in [0.2, 0.25) is 0 Å². The van der Waals surface area contributed by atoms with E-state index >= 15 is 0 Å². The zero-order chi connectivity index (χ0) is 16.4. The lowest BCUT2D eigenvalue weighted by Crippen LogP contribution is -2.49. The molecule has 0 aromatic carbocycles. The van der Waals surface area contributed by atoms with E-state index in [0.29, 0.717) is 25.6 Å². The topological polar surface area (TPSA) is 73.5 Å². The van der Waals surface area contributed by atoms with Gasteiger partial charge in [0.25, 0.3) is 0 Å². The molecule has 1 aliphatic rings.